The first-order valence-corrected chi connectivity index (χ1v) is 14.1. The fraction of sp³-hybridized carbons (Fsp3) is 0.176. The average Bonchev–Trinajstić information content (AvgIpc) is 3.31. The summed E-state index contributed by atoms with van der Waals surface area (Å²) in [5.74, 6) is -3.46. The number of halogens is 3. The molecule has 43 heavy (non-hydrogen) atoms. The highest BCUT2D eigenvalue weighted by molar-refractivity contribution is 6.25. The minimum Gasteiger partial charge on any atom is -0.325 e. The van der Waals surface area contributed by atoms with Gasteiger partial charge in [-0.15, -0.1) is 0 Å². The first-order chi connectivity index (χ1) is 20.9. The van der Waals surface area contributed by atoms with E-state index < -0.39 is 34.8 Å². The molecule has 2 aliphatic rings. The van der Waals surface area contributed by atoms with Crippen molar-refractivity contribution in [2.75, 3.05) is 34.8 Å². The number of anilines is 3. The van der Waals surface area contributed by atoms with Gasteiger partial charge in [-0.05, 0) is 41.5 Å². The van der Waals surface area contributed by atoms with Crippen molar-refractivity contribution < 1.29 is 22.8 Å². The maximum atomic E-state index is 14.6. The lowest BCUT2D eigenvalue weighted by Gasteiger charge is -2.32. The van der Waals surface area contributed by atoms with E-state index >= 15 is 0 Å². The molecule has 1 amide bonds. The third-order valence-corrected chi connectivity index (χ3v) is 7.66. The summed E-state index contributed by atoms with van der Waals surface area (Å²) in [6.07, 6.45) is 0.0187. The molecule has 0 unspecified atom stereocenters. The van der Waals surface area contributed by atoms with Crippen molar-refractivity contribution in [3.8, 4) is 0 Å². The Balaban J connectivity index is 1.36. The predicted octanol–water partition coefficient (Wildman–Crippen LogP) is 6.26. The van der Waals surface area contributed by atoms with Gasteiger partial charge in [0.05, 0.1) is 11.4 Å². The maximum Gasteiger partial charge on any atom is 0.263 e. The van der Waals surface area contributed by atoms with Crippen LogP contribution in [0.3, 0.4) is 0 Å². The van der Waals surface area contributed by atoms with Crippen molar-refractivity contribution in [1.82, 2.24) is 4.90 Å². The molecule has 0 atom stereocenters. The quantitative estimate of drug-likeness (QED) is 0.236. The fourth-order valence-electron chi connectivity index (χ4n) is 5.66. The third kappa shape index (κ3) is 5.89. The van der Waals surface area contributed by atoms with Crippen LogP contribution >= 0.6 is 0 Å². The second-order valence-corrected chi connectivity index (χ2v) is 10.5. The molecule has 0 saturated heterocycles. The molecule has 4 aromatic rings. The standard InChI is InChI=1S/C34H29F3N4O2/c35-25-14-15-28-29(20-25)41(19-18-39(21-23-8-3-1-4-9-23)22-24-10-5-2-6-11-24)34-31(30(42)16-17-40(28)34)33(43)38-32-26(36)12-7-13-27(32)37/h1-15,20H,16-19,21-22H2,(H,38,43). The van der Waals surface area contributed by atoms with Crippen LogP contribution in [0.2, 0.25) is 0 Å². The van der Waals surface area contributed by atoms with Crippen molar-refractivity contribution in [3.05, 3.63) is 137 Å². The Bertz CT molecular complexity index is 1630. The van der Waals surface area contributed by atoms with Crippen LogP contribution in [0.25, 0.3) is 0 Å². The van der Waals surface area contributed by atoms with Crippen LogP contribution in [-0.4, -0.2) is 36.2 Å². The Hall–Kier alpha value is -4.89. The van der Waals surface area contributed by atoms with E-state index in [0.29, 0.717) is 37.6 Å². The summed E-state index contributed by atoms with van der Waals surface area (Å²) in [6.45, 7) is 2.39. The Kier molecular flexibility index (Phi) is 7.98. The number of para-hydroxylation sites is 1. The Morgan fingerprint density at radius 1 is 0.791 bits per heavy atom. The van der Waals surface area contributed by atoms with E-state index in [2.05, 4.69) is 10.2 Å². The highest BCUT2D eigenvalue weighted by Gasteiger charge is 2.41. The number of benzene rings is 4. The summed E-state index contributed by atoms with van der Waals surface area (Å²) in [4.78, 5) is 32.6. The molecule has 4 aromatic carbocycles. The largest absolute Gasteiger partial charge is 0.325 e. The predicted molar refractivity (Wildman–Crippen MR) is 160 cm³/mol. The van der Waals surface area contributed by atoms with Crippen molar-refractivity contribution in [3.63, 3.8) is 0 Å². The Morgan fingerprint density at radius 2 is 1.42 bits per heavy atom. The zero-order chi connectivity index (χ0) is 29.9. The smallest absolute Gasteiger partial charge is 0.263 e. The molecule has 0 aromatic heterocycles. The first-order valence-electron chi connectivity index (χ1n) is 14.1. The van der Waals surface area contributed by atoms with Crippen molar-refractivity contribution in [2.24, 2.45) is 0 Å². The van der Waals surface area contributed by atoms with Gasteiger partial charge in [-0.3, -0.25) is 14.5 Å². The molecule has 0 bridgehead atoms. The van der Waals surface area contributed by atoms with Crippen LogP contribution in [0.15, 0.2) is 108 Å². The molecule has 2 heterocycles. The number of Topliss-reactive ketones (excluding diaryl/α,β-unsaturated/α-hetero) is 1. The molecule has 6 nitrogen and oxygen atoms in total. The van der Waals surface area contributed by atoms with Gasteiger partial charge < -0.3 is 15.1 Å². The van der Waals surface area contributed by atoms with E-state index in [4.69, 9.17) is 0 Å². The molecule has 0 fully saturated rings. The average molecular weight is 583 g/mol. The number of ketones is 1. The van der Waals surface area contributed by atoms with Crippen molar-refractivity contribution in [2.45, 2.75) is 19.5 Å². The molecule has 0 radical (unpaired) electrons. The van der Waals surface area contributed by atoms with Crippen LogP contribution in [0.4, 0.5) is 30.2 Å². The summed E-state index contributed by atoms with van der Waals surface area (Å²) >= 11 is 0. The second-order valence-electron chi connectivity index (χ2n) is 10.5. The van der Waals surface area contributed by atoms with E-state index in [9.17, 15) is 22.8 Å². The topological polar surface area (TPSA) is 55.9 Å². The van der Waals surface area contributed by atoms with Crippen LogP contribution in [0.5, 0.6) is 0 Å². The number of fused-ring (bicyclic) bond motifs is 3. The van der Waals surface area contributed by atoms with Gasteiger partial charge >= 0.3 is 0 Å². The van der Waals surface area contributed by atoms with Crippen molar-refractivity contribution >= 4 is 28.8 Å². The molecule has 0 saturated carbocycles. The van der Waals surface area contributed by atoms with E-state index in [-0.39, 0.29) is 24.4 Å². The SMILES string of the molecule is O=C1CCN2C(=C1C(=O)Nc1c(F)cccc1F)N(CCN(Cc1ccccc1)Cc1ccccc1)c1cc(F)ccc12. The summed E-state index contributed by atoms with van der Waals surface area (Å²) < 4.78 is 43.4. The number of hydrogen-bond donors (Lipinski definition) is 1. The number of amides is 1. The van der Waals surface area contributed by atoms with Crippen LogP contribution < -0.4 is 15.1 Å². The number of carbonyl (C=O) groups excluding carboxylic acids is 2. The van der Waals surface area contributed by atoms with Crippen LogP contribution in [0, 0.1) is 17.5 Å². The summed E-state index contributed by atoms with van der Waals surface area (Å²) in [5, 5.41) is 2.27. The molecular weight excluding hydrogens is 553 g/mol. The van der Waals surface area contributed by atoms with Gasteiger partial charge in [0, 0.05) is 39.1 Å². The highest BCUT2D eigenvalue weighted by Crippen LogP contribution is 2.45. The zero-order valence-corrected chi connectivity index (χ0v) is 23.3. The fourth-order valence-corrected chi connectivity index (χ4v) is 5.66. The van der Waals surface area contributed by atoms with Gasteiger partial charge in [0.2, 0.25) is 0 Å². The van der Waals surface area contributed by atoms with Gasteiger partial charge in [0.1, 0.15) is 34.5 Å². The summed E-state index contributed by atoms with van der Waals surface area (Å²) in [7, 11) is 0. The van der Waals surface area contributed by atoms with Gasteiger partial charge in [0.25, 0.3) is 5.91 Å². The lowest BCUT2D eigenvalue weighted by Crippen LogP contribution is -2.42. The maximum absolute atomic E-state index is 14.6. The summed E-state index contributed by atoms with van der Waals surface area (Å²) in [6, 6.07) is 27.6. The number of rotatable bonds is 9. The van der Waals surface area contributed by atoms with Gasteiger partial charge in [-0.2, -0.15) is 0 Å². The van der Waals surface area contributed by atoms with E-state index in [1.807, 2.05) is 65.6 Å². The molecule has 0 spiro atoms. The molecular formula is C34H29F3N4O2. The van der Waals surface area contributed by atoms with Gasteiger partial charge in [0.15, 0.2) is 5.78 Å². The number of carbonyl (C=O) groups is 2. The first kappa shape index (κ1) is 28.2. The van der Waals surface area contributed by atoms with Gasteiger partial charge in [-0.25, -0.2) is 13.2 Å². The van der Waals surface area contributed by atoms with E-state index in [0.717, 1.165) is 23.3 Å². The minimum atomic E-state index is -0.954. The number of hydrogen-bond acceptors (Lipinski definition) is 5. The molecule has 1 N–H and O–H groups in total. The normalized spacial score (nSPS) is 14.3. The molecule has 218 valence electrons. The molecule has 2 aliphatic heterocycles. The lowest BCUT2D eigenvalue weighted by atomic mass is 10.0. The minimum absolute atomic E-state index is 0.0187. The van der Waals surface area contributed by atoms with Crippen LogP contribution in [-0.2, 0) is 22.7 Å². The molecule has 0 aliphatic carbocycles. The van der Waals surface area contributed by atoms with Crippen molar-refractivity contribution in [1.29, 1.82) is 0 Å². The van der Waals surface area contributed by atoms with Gasteiger partial charge in [-0.1, -0.05) is 66.7 Å². The zero-order valence-electron chi connectivity index (χ0n) is 23.3. The molecule has 9 heteroatoms. The number of nitrogens with zero attached hydrogens (tertiary/aromatic N) is 3. The Morgan fingerprint density at radius 3 is 2.05 bits per heavy atom. The van der Waals surface area contributed by atoms with Crippen LogP contribution in [0.1, 0.15) is 17.5 Å². The lowest BCUT2D eigenvalue weighted by molar-refractivity contribution is -0.120. The second kappa shape index (κ2) is 12.1. The molecule has 6 rings (SSSR count). The monoisotopic (exact) mass is 582 g/mol. The highest BCUT2D eigenvalue weighted by atomic mass is 19.1. The Labute approximate surface area is 247 Å². The number of nitrogens with one attached hydrogen (secondary N) is 1. The third-order valence-electron chi connectivity index (χ3n) is 7.66. The van der Waals surface area contributed by atoms with E-state index in [1.165, 1.54) is 18.2 Å². The van der Waals surface area contributed by atoms with E-state index in [1.54, 1.807) is 11.0 Å². The summed E-state index contributed by atoms with van der Waals surface area (Å²) in [5.41, 5.74) is 2.56.